The van der Waals surface area contributed by atoms with Crippen LogP contribution in [0.3, 0.4) is 0 Å². The van der Waals surface area contributed by atoms with Gasteiger partial charge in [-0.25, -0.2) is 4.39 Å². The van der Waals surface area contributed by atoms with Crippen molar-refractivity contribution in [1.29, 1.82) is 0 Å². The third kappa shape index (κ3) is 4.58. The van der Waals surface area contributed by atoms with Gasteiger partial charge < -0.3 is 19.1 Å². The number of ether oxygens (including phenoxy) is 2. The van der Waals surface area contributed by atoms with Crippen LogP contribution in [0.25, 0.3) is 22.2 Å². The van der Waals surface area contributed by atoms with Crippen LogP contribution in [0.15, 0.2) is 47.0 Å². The molecule has 3 aromatic rings. The second-order valence-corrected chi connectivity index (χ2v) is 7.41. The van der Waals surface area contributed by atoms with Gasteiger partial charge in [0.25, 0.3) is 0 Å². The van der Waals surface area contributed by atoms with Gasteiger partial charge in [-0.2, -0.15) is 0 Å². The van der Waals surface area contributed by atoms with Crippen LogP contribution in [-0.4, -0.2) is 60.7 Å². The summed E-state index contributed by atoms with van der Waals surface area (Å²) < 4.78 is 29.5. The van der Waals surface area contributed by atoms with E-state index < -0.39 is 6.10 Å². The van der Waals surface area contributed by atoms with Crippen LogP contribution in [0, 0.1) is 5.82 Å². The van der Waals surface area contributed by atoms with Gasteiger partial charge >= 0.3 is 0 Å². The van der Waals surface area contributed by atoms with Crippen molar-refractivity contribution in [2.75, 3.05) is 33.4 Å². The van der Waals surface area contributed by atoms with Gasteiger partial charge in [0, 0.05) is 36.7 Å². The predicted molar refractivity (Wildman–Crippen MR) is 107 cm³/mol. The second kappa shape index (κ2) is 8.90. The highest BCUT2D eigenvalue weighted by Gasteiger charge is 2.26. The van der Waals surface area contributed by atoms with E-state index >= 15 is 0 Å². The molecule has 7 heteroatoms. The monoisotopic (exact) mass is 400 g/mol. The summed E-state index contributed by atoms with van der Waals surface area (Å²) in [5.41, 5.74) is 1.92. The Kier molecular flexibility index (Phi) is 6.08. The highest BCUT2D eigenvalue weighted by Crippen LogP contribution is 2.29. The molecule has 0 radical (unpaired) electrons. The van der Waals surface area contributed by atoms with Gasteiger partial charge in [0.05, 0.1) is 6.61 Å². The molecule has 154 valence electrons. The molecule has 1 saturated heterocycles. The Labute approximate surface area is 168 Å². The molecule has 1 N–H and O–H groups in total. The third-order valence-corrected chi connectivity index (χ3v) is 5.31. The number of nitrogens with zero attached hydrogens (tertiary/aromatic N) is 2. The van der Waals surface area contributed by atoms with E-state index in [0.29, 0.717) is 36.2 Å². The molecule has 0 spiro atoms. The molecule has 0 amide bonds. The zero-order chi connectivity index (χ0) is 20.2. The van der Waals surface area contributed by atoms with Gasteiger partial charge in [-0.05, 0) is 55.8 Å². The van der Waals surface area contributed by atoms with Crippen molar-refractivity contribution < 1.29 is 23.5 Å². The van der Waals surface area contributed by atoms with Crippen molar-refractivity contribution >= 4 is 11.0 Å². The molecule has 6 nitrogen and oxygen atoms in total. The summed E-state index contributed by atoms with van der Waals surface area (Å²) in [5, 5.41) is 15.2. The van der Waals surface area contributed by atoms with E-state index in [1.54, 1.807) is 13.2 Å². The number of β-amino-alcohol motifs (C(OH)–C–C–N with tert-alkyl or cyclic N) is 1. The minimum atomic E-state index is -0.568. The molecule has 1 aliphatic heterocycles. The highest BCUT2D eigenvalue weighted by atomic mass is 19.1. The Bertz CT molecular complexity index is 944. The lowest BCUT2D eigenvalue weighted by atomic mass is 10.1. The number of aromatic nitrogens is 1. The Morgan fingerprint density at radius 1 is 1.28 bits per heavy atom. The van der Waals surface area contributed by atoms with Crippen LogP contribution in [0.1, 0.15) is 12.8 Å². The number of methoxy groups -OCH3 is 1. The number of benzene rings is 2. The predicted octanol–water partition coefficient (Wildman–Crippen LogP) is 3.48. The van der Waals surface area contributed by atoms with Gasteiger partial charge in [-0.15, -0.1) is 0 Å². The van der Waals surface area contributed by atoms with E-state index in [1.807, 2.05) is 24.3 Å². The Morgan fingerprint density at radius 3 is 2.90 bits per heavy atom. The maximum atomic E-state index is 13.3. The molecule has 0 saturated carbocycles. The first-order chi connectivity index (χ1) is 14.1. The summed E-state index contributed by atoms with van der Waals surface area (Å²) in [6.45, 7) is 2.48. The lowest BCUT2D eigenvalue weighted by Gasteiger charge is -2.26. The maximum absolute atomic E-state index is 13.3. The van der Waals surface area contributed by atoms with Crippen molar-refractivity contribution in [2.24, 2.45) is 0 Å². The number of hydrogen-bond donors (Lipinski definition) is 1. The van der Waals surface area contributed by atoms with Crippen LogP contribution < -0.4 is 4.74 Å². The van der Waals surface area contributed by atoms with Crippen LogP contribution >= 0.6 is 0 Å². The molecule has 1 aromatic heterocycles. The smallest absolute Gasteiger partial charge is 0.170 e. The zero-order valence-electron chi connectivity index (χ0n) is 16.4. The quantitative estimate of drug-likeness (QED) is 0.624. The van der Waals surface area contributed by atoms with Crippen molar-refractivity contribution in [1.82, 2.24) is 10.1 Å². The summed E-state index contributed by atoms with van der Waals surface area (Å²) in [4.78, 5) is 2.26. The van der Waals surface area contributed by atoms with E-state index in [4.69, 9.17) is 14.0 Å². The number of rotatable bonds is 8. The lowest BCUT2D eigenvalue weighted by Crippen LogP contribution is -2.40. The van der Waals surface area contributed by atoms with Gasteiger partial charge in [0.15, 0.2) is 5.58 Å². The van der Waals surface area contributed by atoms with Crippen molar-refractivity contribution in [3.8, 4) is 17.0 Å². The molecule has 4 rings (SSSR count). The fourth-order valence-electron chi connectivity index (χ4n) is 3.86. The number of halogens is 1. The largest absolute Gasteiger partial charge is 0.491 e. The Morgan fingerprint density at radius 2 is 2.10 bits per heavy atom. The minimum absolute atomic E-state index is 0.224. The summed E-state index contributed by atoms with van der Waals surface area (Å²) in [6, 6.07) is 12.1. The van der Waals surface area contributed by atoms with Crippen LogP contribution in [0.5, 0.6) is 5.75 Å². The summed E-state index contributed by atoms with van der Waals surface area (Å²) in [7, 11) is 1.71. The first kappa shape index (κ1) is 19.8. The molecule has 0 bridgehead atoms. The summed E-state index contributed by atoms with van der Waals surface area (Å²) in [6.07, 6.45) is 1.67. The molecular formula is C22H25FN2O4. The van der Waals surface area contributed by atoms with Crippen LogP contribution in [-0.2, 0) is 4.74 Å². The fraction of sp³-hybridized carbons (Fsp3) is 0.409. The van der Waals surface area contributed by atoms with Gasteiger partial charge in [0.1, 0.15) is 30.0 Å². The number of fused-ring (bicyclic) bond motifs is 1. The number of aliphatic hydroxyl groups excluding tert-OH is 1. The topological polar surface area (TPSA) is 68.0 Å². The molecule has 1 aliphatic rings. The van der Waals surface area contributed by atoms with Crippen molar-refractivity contribution in [3.05, 3.63) is 48.3 Å². The molecule has 2 aromatic carbocycles. The summed E-state index contributed by atoms with van der Waals surface area (Å²) in [5.74, 6) is 0.312. The molecule has 0 aliphatic carbocycles. The highest BCUT2D eigenvalue weighted by molar-refractivity contribution is 5.91. The van der Waals surface area contributed by atoms with Gasteiger partial charge in [-0.3, -0.25) is 4.90 Å². The Hall–Kier alpha value is -2.48. The van der Waals surface area contributed by atoms with E-state index in [0.717, 1.165) is 30.3 Å². The van der Waals surface area contributed by atoms with E-state index in [2.05, 4.69) is 10.1 Å². The number of likely N-dealkylation sites (tertiary alicyclic amines) is 1. The lowest BCUT2D eigenvalue weighted by molar-refractivity contribution is 0.0459. The molecular weight excluding hydrogens is 375 g/mol. The minimum Gasteiger partial charge on any atom is -0.491 e. The first-order valence-corrected chi connectivity index (χ1v) is 9.83. The van der Waals surface area contributed by atoms with Crippen molar-refractivity contribution in [2.45, 2.75) is 25.0 Å². The SMILES string of the molecule is COCC1CCCN1C[C@@H](O)COc1ccc(-c2noc3cc(F)ccc23)cc1. The van der Waals surface area contributed by atoms with Crippen LogP contribution in [0.2, 0.25) is 0 Å². The maximum Gasteiger partial charge on any atom is 0.170 e. The second-order valence-electron chi connectivity index (χ2n) is 7.41. The fourth-order valence-corrected chi connectivity index (χ4v) is 3.86. The average molecular weight is 400 g/mol. The van der Waals surface area contributed by atoms with E-state index in [9.17, 15) is 9.50 Å². The Balaban J connectivity index is 1.34. The van der Waals surface area contributed by atoms with Gasteiger partial charge in [-0.1, -0.05) is 5.16 Å². The molecule has 29 heavy (non-hydrogen) atoms. The van der Waals surface area contributed by atoms with E-state index in [1.165, 1.54) is 12.1 Å². The third-order valence-electron chi connectivity index (χ3n) is 5.31. The van der Waals surface area contributed by atoms with Crippen molar-refractivity contribution in [3.63, 3.8) is 0 Å². The summed E-state index contributed by atoms with van der Waals surface area (Å²) >= 11 is 0. The molecule has 2 heterocycles. The zero-order valence-corrected chi connectivity index (χ0v) is 16.4. The van der Waals surface area contributed by atoms with Gasteiger partial charge in [0.2, 0.25) is 0 Å². The first-order valence-electron chi connectivity index (χ1n) is 9.83. The number of aliphatic hydroxyl groups is 1. The van der Waals surface area contributed by atoms with Crippen LogP contribution in [0.4, 0.5) is 4.39 Å². The molecule has 1 unspecified atom stereocenters. The number of hydrogen-bond acceptors (Lipinski definition) is 6. The van der Waals surface area contributed by atoms with E-state index in [-0.39, 0.29) is 12.4 Å². The average Bonchev–Trinajstić information content (AvgIpc) is 3.34. The normalized spacial score (nSPS) is 18.4. The molecule has 1 fully saturated rings. The standard InChI is InChI=1S/C22H25FN2O4/c1-27-13-17-3-2-10-25(17)12-18(26)14-28-19-7-4-15(5-8-19)22-20-9-6-16(23)11-21(20)29-24-22/h4-9,11,17-18,26H,2-3,10,12-14H2,1H3/t17?,18-/m1/s1. The molecule has 2 atom stereocenters.